The predicted molar refractivity (Wildman–Crippen MR) is 123 cm³/mol. The van der Waals surface area contributed by atoms with Crippen molar-refractivity contribution in [2.24, 2.45) is 11.3 Å². The highest BCUT2D eigenvalue weighted by molar-refractivity contribution is 5.95. The van der Waals surface area contributed by atoms with Gasteiger partial charge in [-0.15, -0.1) is 13.2 Å². The molecule has 2 aliphatic heterocycles. The van der Waals surface area contributed by atoms with Crippen LogP contribution >= 0.6 is 0 Å². The summed E-state index contributed by atoms with van der Waals surface area (Å²) in [6.07, 6.45) is -2.84. The molecule has 1 aromatic rings. The van der Waals surface area contributed by atoms with Gasteiger partial charge in [0.15, 0.2) is 5.78 Å². The number of likely N-dealkylation sites (tertiary alicyclic amines) is 1. The van der Waals surface area contributed by atoms with Crippen LogP contribution in [0, 0.1) is 11.3 Å². The minimum absolute atomic E-state index is 0.174. The van der Waals surface area contributed by atoms with Gasteiger partial charge in [0.05, 0.1) is 18.6 Å². The van der Waals surface area contributed by atoms with Crippen molar-refractivity contribution in [3.8, 4) is 0 Å². The molecule has 2 saturated heterocycles. The van der Waals surface area contributed by atoms with Gasteiger partial charge < -0.3 is 20.6 Å². The number of nitrogens with one attached hydrogen (secondary N) is 2. The Hall–Kier alpha value is -2.99. The zero-order valence-electron chi connectivity index (χ0n) is 20.1. The van der Waals surface area contributed by atoms with Crippen molar-refractivity contribution in [2.75, 3.05) is 26.3 Å². The normalized spacial score (nSPS) is 24.0. The number of amides is 3. The number of Topliss-reactive ketones (excluding diaryl/α,β-unsaturated/α-hetero) is 1. The highest BCUT2D eigenvalue weighted by atomic mass is 19.4. The lowest BCUT2D eigenvalue weighted by atomic mass is 9.95. The zero-order chi connectivity index (χ0) is 26.8. The number of ketones is 1. The summed E-state index contributed by atoms with van der Waals surface area (Å²) in [5.74, 6) is -3.99. The lowest BCUT2D eigenvalue weighted by Crippen LogP contribution is -2.53. The molecule has 202 valence electrons. The monoisotopic (exact) mass is 525 g/mol. The van der Waals surface area contributed by atoms with E-state index in [0.717, 1.165) is 12.8 Å². The van der Waals surface area contributed by atoms with E-state index in [4.69, 9.17) is 0 Å². The van der Waals surface area contributed by atoms with Crippen LogP contribution in [-0.2, 0) is 23.9 Å². The van der Waals surface area contributed by atoms with Crippen molar-refractivity contribution in [1.29, 1.82) is 0 Å². The minimum atomic E-state index is -5.03. The predicted octanol–water partition coefficient (Wildman–Crippen LogP) is 1.26. The van der Waals surface area contributed by atoms with E-state index in [9.17, 15) is 37.5 Å². The Labute approximate surface area is 211 Å². The Balaban J connectivity index is 1.51. The van der Waals surface area contributed by atoms with Gasteiger partial charge in [-0.25, -0.2) is 0 Å². The van der Waals surface area contributed by atoms with Gasteiger partial charge in [0.25, 0.3) is 0 Å². The molecule has 3 N–H and O–H groups in total. The van der Waals surface area contributed by atoms with E-state index in [-0.39, 0.29) is 17.7 Å². The Morgan fingerprint density at radius 2 is 1.92 bits per heavy atom. The molecule has 0 radical (unpaired) electrons. The fourth-order valence-electron chi connectivity index (χ4n) is 5.22. The number of benzene rings is 1. The van der Waals surface area contributed by atoms with Crippen LogP contribution in [-0.4, -0.2) is 78.3 Å². The SMILES string of the molecule is O=C(COC(F)(F)F)C(C[C@@H]1CCNC1=O)NC(=O)[C@@H]1CC2(CC2)CN1C(=O)C(CO)c1ccccc1. The number of alkyl halides is 3. The Morgan fingerprint density at radius 1 is 1.22 bits per heavy atom. The van der Waals surface area contributed by atoms with Crippen LogP contribution in [0.5, 0.6) is 0 Å². The third-order valence-electron chi connectivity index (χ3n) is 7.50. The molecule has 0 bridgehead atoms. The lowest BCUT2D eigenvalue weighted by molar-refractivity contribution is -0.321. The van der Waals surface area contributed by atoms with Gasteiger partial charge in [-0.05, 0) is 43.1 Å². The number of aliphatic hydroxyl groups is 1. The number of aliphatic hydroxyl groups excluding tert-OH is 1. The molecule has 1 aromatic carbocycles. The van der Waals surface area contributed by atoms with Gasteiger partial charge in [-0.2, -0.15) is 0 Å². The van der Waals surface area contributed by atoms with E-state index >= 15 is 0 Å². The zero-order valence-corrected chi connectivity index (χ0v) is 20.1. The maximum atomic E-state index is 13.5. The number of ether oxygens (including phenoxy) is 1. The summed E-state index contributed by atoms with van der Waals surface area (Å²) in [7, 11) is 0. The second-order valence-corrected chi connectivity index (χ2v) is 10.1. The molecular weight excluding hydrogens is 495 g/mol. The van der Waals surface area contributed by atoms with Crippen LogP contribution in [0.25, 0.3) is 0 Å². The van der Waals surface area contributed by atoms with Crippen LogP contribution in [0.1, 0.15) is 43.6 Å². The number of hydrogen-bond donors (Lipinski definition) is 3. The van der Waals surface area contributed by atoms with Gasteiger partial charge in [0, 0.05) is 19.0 Å². The van der Waals surface area contributed by atoms with Gasteiger partial charge in [-0.3, -0.25) is 23.9 Å². The van der Waals surface area contributed by atoms with Crippen molar-refractivity contribution >= 4 is 23.5 Å². The van der Waals surface area contributed by atoms with Crippen molar-refractivity contribution in [3.05, 3.63) is 35.9 Å². The quantitative estimate of drug-likeness (QED) is 0.423. The third-order valence-corrected chi connectivity index (χ3v) is 7.50. The van der Waals surface area contributed by atoms with E-state index < -0.39 is 61.1 Å². The summed E-state index contributed by atoms with van der Waals surface area (Å²) in [4.78, 5) is 53.0. The summed E-state index contributed by atoms with van der Waals surface area (Å²) in [5.41, 5.74) is 0.369. The number of carbonyl (C=O) groups excluding carboxylic acids is 4. The molecule has 1 saturated carbocycles. The Morgan fingerprint density at radius 3 is 2.49 bits per heavy atom. The number of rotatable bonds is 10. The molecular formula is C25H30F3N3O6. The largest absolute Gasteiger partial charge is 0.522 e. The second kappa shape index (κ2) is 10.8. The molecule has 3 amide bonds. The lowest BCUT2D eigenvalue weighted by Gasteiger charge is -2.29. The molecule has 1 spiro atoms. The summed E-state index contributed by atoms with van der Waals surface area (Å²) in [5, 5.41) is 15.1. The number of nitrogens with zero attached hydrogens (tertiary/aromatic N) is 1. The van der Waals surface area contributed by atoms with Crippen molar-refractivity contribution in [3.63, 3.8) is 0 Å². The molecule has 3 fully saturated rings. The van der Waals surface area contributed by atoms with E-state index in [0.29, 0.717) is 31.5 Å². The fraction of sp³-hybridized carbons (Fsp3) is 0.600. The molecule has 0 aromatic heterocycles. The van der Waals surface area contributed by atoms with E-state index in [1.54, 1.807) is 30.3 Å². The first-order valence-corrected chi connectivity index (χ1v) is 12.3. The summed E-state index contributed by atoms with van der Waals surface area (Å²) >= 11 is 0. The second-order valence-electron chi connectivity index (χ2n) is 10.1. The van der Waals surface area contributed by atoms with Crippen LogP contribution in [0.3, 0.4) is 0 Å². The maximum absolute atomic E-state index is 13.5. The Kier molecular flexibility index (Phi) is 7.88. The molecule has 9 nitrogen and oxygen atoms in total. The molecule has 37 heavy (non-hydrogen) atoms. The summed E-state index contributed by atoms with van der Waals surface area (Å²) in [6.45, 7) is -1.09. The van der Waals surface area contributed by atoms with Crippen molar-refractivity contribution in [1.82, 2.24) is 15.5 Å². The summed E-state index contributed by atoms with van der Waals surface area (Å²) in [6, 6.07) is 6.32. The number of hydrogen-bond acceptors (Lipinski definition) is 6. The topological polar surface area (TPSA) is 125 Å². The first-order chi connectivity index (χ1) is 17.5. The fourth-order valence-corrected chi connectivity index (χ4v) is 5.22. The van der Waals surface area contributed by atoms with Crippen LogP contribution in [0.15, 0.2) is 30.3 Å². The Bertz CT molecular complexity index is 1030. The van der Waals surface area contributed by atoms with Crippen LogP contribution < -0.4 is 10.6 Å². The van der Waals surface area contributed by atoms with E-state index in [2.05, 4.69) is 15.4 Å². The smallest absolute Gasteiger partial charge is 0.395 e. The molecule has 4 atom stereocenters. The number of halogens is 3. The molecule has 2 heterocycles. The van der Waals surface area contributed by atoms with Gasteiger partial charge >= 0.3 is 6.36 Å². The minimum Gasteiger partial charge on any atom is -0.395 e. The number of carbonyl (C=O) groups is 4. The van der Waals surface area contributed by atoms with Gasteiger partial charge in [0.2, 0.25) is 17.7 Å². The molecule has 12 heteroatoms. The first-order valence-electron chi connectivity index (χ1n) is 12.3. The van der Waals surface area contributed by atoms with E-state index in [1.165, 1.54) is 4.90 Å². The van der Waals surface area contributed by atoms with Crippen molar-refractivity contribution < 1.29 is 42.2 Å². The van der Waals surface area contributed by atoms with Crippen LogP contribution in [0.2, 0.25) is 0 Å². The standard InChI is InChI=1S/C25H30F3N3O6/c26-25(27,28)37-13-20(33)18(10-16-6-9-29-21(16)34)30-22(35)19-11-24(7-8-24)14-31(19)23(36)17(12-32)15-4-2-1-3-5-15/h1-5,16-19,32H,6-14H2,(H,29,34)(H,30,35)/t16-,17?,18?,19-/m0/s1. The molecule has 3 aliphatic rings. The maximum Gasteiger partial charge on any atom is 0.522 e. The average molecular weight is 526 g/mol. The van der Waals surface area contributed by atoms with Crippen molar-refractivity contribution in [2.45, 2.75) is 56.5 Å². The average Bonchev–Trinajstić information content (AvgIpc) is 3.32. The van der Waals surface area contributed by atoms with Crippen LogP contribution in [0.4, 0.5) is 13.2 Å². The first kappa shape index (κ1) is 27.1. The molecule has 4 rings (SSSR count). The molecule has 2 unspecified atom stereocenters. The highest BCUT2D eigenvalue weighted by Crippen LogP contribution is 2.55. The van der Waals surface area contributed by atoms with Gasteiger partial charge in [0.1, 0.15) is 12.6 Å². The summed E-state index contributed by atoms with van der Waals surface area (Å²) < 4.78 is 41.3. The van der Waals surface area contributed by atoms with E-state index in [1.807, 2.05) is 0 Å². The van der Waals surface area contributed by atoms with Gasteiger partial charge in [-0.1, -0.05) is 30.3 Å². The third kappa shape index (κ3) is 6.48. The highest BCUT2D eigenvalue weighted by Gasteiger charge is 2.56. The molecule has 1 aliphatic carbocycles.